The average Bonchev–Trinajstić information content (AvgIpc) is 2.92. The van der Waals surface area contributed by atoms with Crippen molar-refractivity contribution < 1.29 is 36.0 Å². The van der Waals surface area contributed by atoms with Crippen LogP contribution in [0.2, 0.25) is 0 Å². The number of nitrogens with one attached hydrogen (secondary N) is 3. The van der Waals surface area contributed by atoms with Crippen LogP contribution in [0.4, 0.5) is 23.7 Å². The first kappa shape index (κ1) is 23.0. The molecule has 4 amide bonds. The van der Waals surface area contributed by atoms with Crippen molar-refractivity contribution in [1.29, 1.82) is 0 Å². The normalized spacial score (nSPS) is 23.0. The van der Waals surface area contributed by atoms with Crippen LogP contribution in [0.1, 0.15) is 39.0 Å². The standard InChI is InChI=1S/C18H21F3N4O5S/c1-11(26)22-12-7-9-14(10-8-12)31(29,30)24-17(18(19,20)21)15(27)25(16(28)23-17)13-5-3-2-4-6-13/h7-10,13,24H,2-6H2,1H3,(H,22,26)(H,23,28)/t17-/m1/s1. The number of carbonyl (C=O) groups excluding carboxylic acids is 3. The van der Waals surface area contributed by atoms with E-state index in [1.54, 1.807) is 0 Å². The van der Waals surface area contributed by atoms with Gasteiger partial charge in [0.15, 0.2) is 0 Å². The summed E-state index contributed by atoms with van der Waals surface area (Å²) in [6.07, 6.45) is -2.60. The van der Waals surface area contributed by atoms with Crippen molar-refractivity contribution in [2.24, 2.45) is 0 Å². The minimum Gasteiger partial charge on any atom is -0.326 e. The summed E-state index contributed by atoms with van der Waals surface area (Å²) in [5, 5.41) is 3.92. The second-order valence-electron chi connectivity index (χ2n) is 7.46. The van der Waals surface area contributed by atoms with Crippen molar-refractivity contribution >= 4 is 33.6 Å². The van der Waals surface area contributed by atoms with Crippen LogP contribution in [-0.4, -0.2) is 49.0 Å². The molecule has 1 saturated carbocycles. The molecule has 1 aliphatic heterocycles. The summed E-state index contributed by atoms with van der Waals surface area (Å²) in [6.45, 7) is 1.23. The Morgan fingerprint density at radius 1 is 1.13 bits per heavy atom. The summed E-state index contributed by atoms with van der Waals surface area (Å²) in [5.74, 6) is -2.12. The number of halogens is 3. The molecular formula is C18H21F3N4O5S. The number of alkyl halides is 3. The summed E-state index contributed by atoms with van der Waals surface area (Å²) >= 11 is 0. The monoisotopic (exact) mass is 462 g/mol. The van der Waals surface area contributed by atoms with E-state index in [1.165, 1.54) is 29.1 Å². The Labute approximate surface area is 176 Å². The van der Waals surface area contributed by atoms with Crippen LogP contribution >= 0.6 is 0 Å². The quantitative estimate of drug-likeness (QED) is 0.578. The van der Waals surface area contributed by atoms with Crippen molar-refractivity contribution in [3.63, 3.8) is 0 Å². The zero-order chi connectivity index (χ0) is 23.0. The Balaban J connectivity index is 1.93. The predicted molar refractivity (Wildman–Crippen MR) is 102 cm³/mol. The van der Waals surface area contributed by atoms with Crippen LogP contribution in [0.25, 0.3) is 0 Å². The van der Waals surface area contributed by atoms with Crippen LogP contribution in [-0.2, 0) is 19.6 Å². The van der Waals surface area contributed by atoms with Crippen molar-refractivity contribution in [1.82, 2.24) is 14.9 Å². The van der Waals surface area contributed by atoms with Gasteiger partial charge in [0.25, 0.3) is 11.6 Å². The van der Waals surface area contributed by atoms with E-state index in [9.17, 15) is 36.0 Å². The van der Waals surface area contributed by atoms with E-state index >= 15 is 0 Å². The fourth-order valence-corrected chi connectivity index (χ4v) is 4.99. The number of benzene rings is 1. The predicted octanol–water partition coefficient (Wildman–Crippen LogP) is 2.07. The fourth-order valence-electron chi connectivity index (χ4n) is 3.72. The number of hydrogen-bond donors (Lipinski definition) is 3. The van der Waals surface area contributed by atoms with Gasteiger partial charge in [-0.15, -0.1) is 0 Å². The summed E-state index contributed by atoms with van der Waals surface area (Å²) in [6, 6.07) is 2.28. The van der Waals surface area contributed by atoms with Crippen LogP contribution in [0, 0.1) is 0 Å². The van der Waals surface area contributed by atoms with E-state index in [2.05, 4.69) is 5.32 Å². The molecule has 9 nitrogen and oxygen atoms in total. The molecule has 1 aromatic rings. The van der Waals surface area contributed by atoms with Gasteiger partial charge < -0.3 is 10.6 Å². The largest absolute Gasteiger partial charge is 0.435 e. The minimum absolute atomic E-state index is 0.228. The Morgan fingerprint density at radius 2 is 1.71 bits per heavy atom. The first-order chi connectivity index (χ1) is 14.4. The number of imide groups is 1. The molecule has 2 aliphatic rings. The number of amides is 4. The first-order valence-electron chi connectivity index (χ1n) is 9.51. The summed E-state index contributed by atoms with van der Waals surface area (Å²) in [7, 11) is -4.89. The molecule has 3 N–H and O–H groups in total. The topological polar surface area (TPSA) is 125 Å². The Bertz CT molecular complexity index is 990. The highest BCUT2D eigenvalue weighted by Crippen LogP contribution is 2.37. The smallest absolute Gasteiger partial charge is 0.326 e. The number of carbonyl (C=O) groups is 3. The SMILES string of the molecule is CC(=O)Nc1ccc(S(=O)(=O)N[C@]2(C(F)(F)F)NC(=O)N(C3CCCCC3)C2=O)cc1. The molecule has 0 spiro atoms. The molecule has 1 aliphatic carbocycles. The molecule has 0 bridgehead atoms. The molecule has 0 radical (unpaired) electrons. The molecule has 3 rings (SSSR count). The Hall–Kier alpha value is -2.67. The molecule has 1 saturated heterocycles. The molecule has 0 unspecified atom stereocenters. The van der Waals surface area contributed by atoms with E-state index in [4.69, 9.17) is 0 Å². The number of anilines is 1. The highest BCUT2D eigenvalue weighted by atomic mass is 32.2. The Morgan fingerprint density at radius 3 is 2.23 bits per heavy atom. The number of rotatable bonds is 5. The highest BCUT2D eigenvalue weighted by Gasteiger charge is 2.70. The summed E-state index contributed by atoms with van der Waals surface area (Å²) in [4.78, 5) is 36.1. The zero-order valence-corrected chi connectivity index (χ0v) is 17.3. The van der Waals surface area contributed by atoms with Crippen molar-refractivity contribution in [2.45, 2.75) is 61.8 Å². The van der Waals surface area contributed by atoms with Gasteiger partial charge >= 0.3 is 12.2 Å². The lowest BCUT2D eigenvalue weighted by Gasteiger charge is -2.32. The molecule has 1 heterocycles. The van der Waals surface area contributed by atoms with Crippen molar-refractivity contribution in [3.8, 4) is 0 Å². The third-order valence-corrected chi connectivity index (χ3v) is 6.66. The maximum atomic E-state index is 14.0. The van der Waals surface area contributed by atoms with Crippen LogP contribution in [0.5, 0.6) is 0 Å². The van der Waals surface area contributed by atoms with Gasteiger partial charge in [0.05, 0.1) is 4.90 Å². The second kappa shape index (κ2) is 8.11. The maximum Gasteiger partial charge on any atom is 0.435 e. The molecule has 1 aromatic carbocycles. The number of sulfonamides is 1. The van der Waals surface area contributed by atoms with Crippen LogP contribution in [0.3, 0.4) is 0 Å². The molecule has 13 heteroatoms. The van der Waals surface area contributed by atoms with Gasteiger partial charge in [-0.1, -0.05) is 19.3 Å². The third kappa shape index (κ3) is 4.37. The van der Waals surface area contributed by atoms with Gasteiger partial charge in [0, 0.05) is 18.7 Å². The van der Waals surface area contributed by atoms with Gasteiger partial charge in [0.2, 0.25) is 15.9 Å². The number of hydrogen-bond acceptors (Lipinski definition) is 5. The van der Waals surface area contributed by atoms with Gasteiger partial charge in [-0.2, -0.15) is 17.9 Å². The van der Waals surface area contributed by atoms with E-state index < -0.39 is 50.6 Å². The van der Waals surface area contributed by atoms with E-state index in [1.807, 2.05) is 0 Å². The highest BCUT2D eigenvalue weighted by molar-refractivity contribution is 7.89. The van der Waals surface area contributed by atoms with Crippen molar-refractivity contribution in [3.05, 3.63) is 24.3 Å². The molecule has 2 fully saturated rings. The minimum atomic E-state index is -5.44. The average molecular weight is 462 g/mol. The molecular weight excluding hydrogens is 441 g/mol. The lowest BCUT2D eigenvalue weighted by Crippen LogP contribution is -2.69. The zero-order valence-electron chi connectivity index (χ0n) is 16.5. The third-order valence-electron chi connectivity index (χ3n) is 5.19. The number of urea groups is 1. The van der Waals surface area contributed by atoms with Gasteiger partial charge in [-0.05, 0) is 37.1 Å². The van der Waals surface area contributed by atoms with E-state index in [0.29, 0.717) is 30.6 Å². The van der Waals surface area contributed by atoms with Crippen LogP contribution in [0.15, 0.2) is 29.2 Å². The Kier molecular flexibility index (Phi) is 6.02. The van der Waals surface area contributed by atoms with Crippen molar-refractivity contribution in [2.75, 3.05) is 5.32 Å². The maximum absolute atomic E-state index is 14.0. The molecule has 1 atom stereocenters. The van der Waals surface area contributed by atoms with Gasteiger partial charge in [-0.25, -0.2) is 13.2 Å². The second-order valence-corrected chi connectivity index (χ2v) is 9.14. The fraction of sp³-hybridized carbons (Fsp3) is 0.500. The lowest BCUT2D eigenvalue weighted by molar-refractivity contribution is -0.198. The van der Waals surface area contributed by atoms with E-state index in [0.717, 1.165) is 18.6 Å². The van der Waals surface area contributed by atoms with Crippen LogP contribution < -0.4 is 15.4 Å². The number of nitrogens with zero attached hydrogens (tertiary/aromatic N) is 1. The molecule has 170 valence electrons. The summed E-state index contributed by atoms with van der Waals surface area (Å²) in [5.41, 5.74) is -3.58. The first-order valence-corrected chi connectivity index (χ1v) is 11.0. The molecule has 31 heavy (non-hydrogen) atoms. The van der Waals surface area contributed by atoms with Gasteiger partial charge in [0.1, 0.15) is 0 Å². The van der Waals surface area contributed by atoms with E-state index in [-0.39, 0.29) is 5.69 Å². The van der Waals surface area contributed by atoms with Gasteiger partial charge in [-0.3, -0.25) is 14.5 Å². The summed E-state index contributed by atoms with van der Waals surface area (Å²) < 4.78 is 68.7. The lowest BCUT2D eigenvalue weighted by atomic mass is 9.94. The molecule has 0 aromatic heterocycles.